The van der Waals surface area contributed by atoms with Crippen LogP contribution >= 0.6 is 11.6 Å². The van der Waals surface area contributed by atoms with Gasteiger partial charge in [0.05, 0.1) is 6.04 Å². The zero-order valence-electron chi connectivity index (χ0n) is 14.7. The van der Waals surface area contributed by atoms with Gasteiger partial charge in [-0.05, 0) is 66.6 Å². The summed E-state index contributed by atoms with van der Waals surface area (Å²) in [5.41, 5.74) is 4.71. The van der Waals surface area contributed by atoms with Crippen molar-refractivity contribution in [2.24, 2.45) is 0 Å². The van der Waals surface area contributed by atoms with E-state index >= 15 is 0 Å². The third-order valence-corrected chi connectivity index (χ3v) is 4.80. The zero-order valence-corrected chi connectivity index (χ0v) is 15.4. The van der Waals surface area contributed by atoms with Crippen molar-refractivity contribution >= 4 is 11.6 Å². The number of benzene rings is 2. The molecule has 4 rings (SSSR count). The second-order valence-electron chi connectivity index (χ2n) is 6.35. The van der Waals surface area contributed by atoms with Gasteiger partial charge in [-0.15, -0.1) is 0 Å². The monoisotopic (exact) mass is 377 g/mol. The van der Waals surface area contributed by atoms with E-state index in [1.54, 1.807) is 24.5 Å². The Morgan fingerprint density at radius 1 is 0.963 bits per heavy atom. The molecule has 3 nitrogen and oxygen atoms in total. The summed E-state index contributed by atoms with van der Waals surface area (Å²) in [6.07, 6.45) is 5.52. The average molecular weight is 378 g/mol. The summed E-state index contributed by atoms with van der Waals surface area (Å²) < 4.78 is 15.3. The Kier molecular flexibility index (Phi) is 4.73. The first-order valence-corrected chi connectivity index (χ1v) is 9.00. The molecule has 27 heavy (non-hydrogen) atoms. The van der Waals surface area contributed by atoms with Crippen molar-refractivity contribution in [2.75, 3.05) is 0 Å². The average Bonchev–Trinajstić information content (AvgIpc) is 3.14. The molecular weight excluding hydrogens is 361 g/mol. The summed E-state index contributed by atoms with van der Waals surface area (Å²) in [4.78, 5) is 4.09. The number of halogens is 2. The standard InChI is InChI=1S/C22H17ClFN3/c1-15(18-3-2-4-19(23)13-18)27-14-21(16-9-11-25-12-10-16)22(26-27)17-5-7-20(24)8-6-17/h2-15H,1H3. The maximum atomic E-state index is 13.4. The highest BCUT2D eigenvalue weighted by Gasteiger charge is 2.17. The van der Waals surface area contributed by atoms with Crippen LogP contribution in [0.5, 0.6) is 0 Å². The van der Waals surface area contributed by atoms with Crippen molar-refractivity contribution in [2.45, 2.75) is 13.0 Å². The van der Waals surface area contributed by atoms with Gasteiger partial charge in [0.15, 0.2) is 0 Å². The van der Waals surface area contributed by atoms with Crippen LogP contribution in [0.2, 0.25) is 5.02 Å². The van der Waals surface area contributed by atoms with Gasteiger partial charge in [-0.2, -0.15) is 5.10 Å². The normalized spacial score (nSPS) is 12.1. The number of pyridine rings is 1. The minimum atomic E-state index is -0.268. The van der Waals surface area contributed by atoms with Gasteiger partial charge in [-0.3, -0.25) is 9.67 Å². The number of rotatable bonds is 4. The van der Waals surface area contributed by atoms with Crippen LogP contribution in [0.4, 0.5) is 4.39 Å². The molecule has 0 spiro atoms. The first-order valence-electron chi connectivity index (χ1n) is 8.63. The van der Waals surface area contributed by atoms with E-state index in [2.05, 4.69) is 11.9 Å². The SMILES string of the molecule is CC(c1cccc(Cl)c1)n1cc(-c2ccncc2)c(-c2ccc(F)cc2)n1. The molecule has 134 valence electrons. The van der Waals surface area contributed by atoms with Crippen molar-refractivity contribution in [1.29, 1.82) is 0 Å². The number of hydrogen-bond donors (Lipinski definition) is 0. The van der Waals surface area contributed by atoms with E-state index in [1.807, 2.05) is 47.3 Å². The van der Waals surface area contributed by atoms with Crippen LogP contribution in [0.1, 0.15) is 18.5 Å². The molecule has 0 radical (unpaired) electrons. The van der Waals surface area contributed by atoms with Gasteiger partial charge in [0.1, 0.15) is 11.5 Å². The summed E-state index contributed by atoms with van der Waals surface area (Å²) >= 11 is 6.15. The van der Waals surface area contributed by atoms with Crippen molar-refractivity contribution in [1.82, 2.24) is 14.8 Å². The van der Waals surface area contributed by atoms with Crippen LogP contribution in [0, 0.1) is 5.82 Å². The Morgan fingerprint density at radius 3 is 2.41 bits per heavy atom. The smallest absolute Gasteiger partial charge is 0.123 e. The summed E-state index contributed by atoms with van der Waals surface area (Å²) in [5, 5.41) is 5.52. The first kappa shape index (κ1) is 17.4. The van der Waals surface area contributed by atoms with Gasteiger partial charge < -0.3 is 0 Å². The fourth-order valence-corrected chi connectivity index (χ4v) is 3.27. The van der Waals surface area contributed by atoms with Crippen LogP contribution in [-0.2, 0) is 0 Å². The number of aromatic nitrogens is 3. The molecule has 0 aliphatic rings. The molecule has 5 heteroatoms. The van der Waals surface area contributed by atoms with Crippen LogP contribution in [0.3, 0.4) is 0 Å². The molecule has 2 aromatic heterocycles. The lowest BCUT2D eigenvalue weighted by molar-refractivity contribution is 0.566. The van der Waals surface area contributed by atoms with Crippen LogP contribution in [0.25, 0.3) is 22.4 Å². The second-order valence-corrected chi connectivity index (χ2v) is 6.78. The Bertz CT molecular complexity index is 1060. The second kappa shape index (κ2) is 7.33. The van der Waals surface area contributed by atoms with E-state index in [4.69, 9.17) is 16.7 Å². The Labute approximate surface area is 162 Å². The Balaban J connectivity index is 1.83. The fourth-order valence-electron chi connectivity index (χ4n) is 3.07. The molecule has 4 aromatic rings. The third-order valence-electron chi connectivity index (χ3n) is 4.57. The third kappa shape index (κ3) is 3.62. The van der Waals surface area contributed by atoms with Crippen LogP contribution in [-0.4, -0.2) is 14.8 Å². The lowest BCUT2D eigenvalue weighted by Gasteiger charge is -2.12. The lowest BCUT2D eigenvalue weighted by Crippen LogP contribution is -2.07. The van der Waals surface area contributed by atoms with E-state index < -0.39 is 0 Å². The van der Waals surface area contributed by atoms with Crippen molar-refractivity contribution in [3.05, 3.63) is 95.7 Å². The highest BCUT2D eigenvalue weighted by Crippen LogP contribution is 2.33. The van der Waals surface area contributed by atoms with Gasteiger partial charge in [-0.25, -0.2) is 4.39 Å². The predicted octanol–water partition coefficient (Wildman–Crippen LogP) is 6.01. The summed E-state index contributed by atoms with van der Waals surface area (Å²) in [6, 6.07) is 18.0. The molecule has 0 saturated heterocycles. The number of nitrogens with zero attached hydrogens (tertiary/aromatic N) is 3. The predicted molar refractivity (Wildman–Crippen MR) is 106 cm³/mol. The van der Waals surface area contributed by atoms with E-state index in [0.29, 0.717) is 5.02 Å². The van der Waals surface area contributed by atoms with Crippen LogP contribution in [0.15, 0.2) is 79.3 Å². The summed E-state index contributed by atoms with van der Waals surface area (Å²) in [5.74, 6) is -0.268. The first-order chi connectivity index (χ1) is 13.1. The molecule has 0 saturated carbocycles. The van der Waals surface area contributed by atoms with E-state index in [-0.39, 0.29) is 11.9 Å². The quantitative estimate of drug-likeness (QED) is 0.435. The Hall–Kier alpha value is -2.98. The number of hydrogen-bond acceptors (Lipinski definition) is 2. The van der Waals surface area contributed by atoms with Gasteiger partial charge >= 0.3 is 0 Å². The van der Waals surface area contributed by atoms with Crippen molar-refractivity contribution < 1.29 is 4.39 Å². The molecule has 0 N–H and O–H groups in total. The van der Waals surface area contributed by atoms with E-state index in [9.17, 15) is 4.39 Å². The summed E-state index contributed by atoms with van der Waals surface area (Å²) in [6.45, 7) is 2.07. The fraction of sp³-hybridized carbons (Fsp3) is 0.0909. The molecule has 0 amide bonds. The highest BCUT2D eigenvalue weighted by molar-refractivity contribution is 6.30. The molecule has 0 aliphatic heterocycles. The summed E-state index contributed by atoms with van der Waals surface area (Å²) in [7, 11) is 0. The van der Waals surface area contributed by atoms with Crippen molar-refractivity contribution in [3.8, 4) is 22.4 Å². The van der Waals surface area contributed by atoms with Crippen molar-refractivity contribution in [3.63, 3.8) is 0 Å². The lowest BCUT2D eigenvalue weighted by atomic mass is 10.0. The van der Waals surface area contributed by atoms with Gasteiger partial charge in [0.25, 0.3) is 0 Å². The molecule has 2 heterocycles. The van der Waals surface area contributed by atoms with Gasteiger partial charge in [0, 0.05) is 34.7 Å². The Morgan fingerprint density at radius 2 is 1.70 bits per heavy atom. The molecule has 0 bridgehead atoms. The maximum absolute atomic E-state index is 13.4. The topological polar surface area (TPSA) is 30.7 Å². The molecular formula is C22H17ClFN3. The van der Waals surface area contributed by atoms with E-state index in [0.717, 1.165) is 27.9 Å². The molecule has 0 fully saturated rings. The van der Waals surface area contributed by atoms with Gasteiger partial charge in [0.2, 0.25) is 0 Å². The minimum absolute atomic E-state index is 0.00140. The largest absolute Gasteiger partial charge is 0.265 e. The molecule has 1 atom stereocenters. The van der Waals surface area contributed by atoms with Gasteiger partial charge in [-0.1, -0.05) is 23.7 Å². The van der Waals surface area contributed by atoms with E-state index in [1.165, 1.54) is 12.1 Å². The van der Waals surface area contributed by atoms with Crippen LogP contribution < -0.4 is 0 Å². The molecule has 1 unspecified atom stereocenters. The zero-order chi connectivity index (χ0) is 18.8. The molecule has 2 aromatic carbocycles. The maximum Gasteiger partial charge on any atom is 0.123 e. The molecule has 0 aliphatic carbocycles. The highest BCUT2D eigenvalue weighted by atomic mass is 35.5. The minimum Gasteiger partial charge on any atom is -0.265 e.